The molecule has 1 aromatic rings. The number of hydrogen-bond acceptors (Lipinski definition) is 4. The van der Waals surface area contributed by atoms with Gasteiger partial charge in [0.15, 0.2) is 0 Å². The minimum Gasteiger partial charge on any atom is -0.481 e. The van der Waals surface area contributed by atoms with E-state index in [-0.39, 0.29) is 11.8 Å². The molecular formula is C13H21N3O2. The zero-order valence-electron chi connectivity index (χ0n) is 11.1. The van der Waals surface area contributed by atoms with E-state index in [2.05, 4.69) is 10.3 Å². The van der Waals surface area contributed by atoms with Crippen molar-refractivity contribution < 1.29 is 9.53 Å². The maximum Gasteiger partial charge on any atom is 0.237 e. The normalized spacial score (nSPS) is 13.8. The Morgan fingerprint density at radius 2 is 2.33 bits per heavy atom. The van der Waals surface area contributed by atoms with Crippen molar-refractivity contribution >= 4 is 5.91 Å². The minimum atomic E-state index is -0.474. The number of pyridine rings is 1. The van der Waals surface area contributed by atoms with E-state index >= 15 is 0 Å². The van der Waals surface area contributed by atoms with Crippen LogP contribution in [0.2, 0.25) is 0 Å². The molecule has 0 bridgehead atoms. The fraction of sp³-hybridized carbons (Fsp3) is 0.538. The molecule has 1 rings (SSSR count). The maximum atomic E-state index is 11.8. The van der Waals surface area contributed by atoms with E-state index in [4.69, 9.17) is 10.5 Å². The highest BCUT2D eigenvalue weighted by molar-refractivity contribution is 5.81. The number of hydrogen-bond donors (Lipinski definition) is 2. The van der Waals surface area contributed by atoms with Crippen molar-refractivity contribution in [3.8, 4) is 5.88 Å². The van der Waals surface area contributed by atoms with Crippen LogP contribution in [0.3, 0.4) is 0 Å². The highest BCUT2D eigenvalue weighted by Gasteiger charge is 2.19. The molecule has 0 radical (unpaired) electrons. The van der Waals surface area contributed by atoms with Crippen LogP contribution >= 0.6 is 0 Å². The van der Waals surface area contributed by atoms with E-state index in [9.17, 15) is 4.79 Å². The summed E-state index contributed by atoms with van der Waals surface area (Å²) in [6, 6.07) is 3.19. The smallest absolute Gasteiger partial charge is 0.237 e. The summed E-state index contributed by atoms with van der Waals surface area (Å²) >= 11 is 0. The van der Waals surface area contributed by atoms with Crippen molar-refractivity contribution in [3.05, 3.63) is 23.9 Å². The number of methoxy groups -OCH3 is 1. The molecule has 0 fully saturated rings. The van der Waals surface area contributed by atoms with Gasteiger partial charge in [0.1, 0.15) is 0 Å². The predicted molar refractivity (Wildman–Crippen MR) is 70.1 cm³/mol. The van der Waals surface area contributed by atoms with Crippen molar-refractivity contribution in [1.82, 2.24) is 10.3 Å². The number of ether oxygens (including phenoxy) is 1. The molecule has 0 saturated carbocycles. The predicted octanol–water partition coefficient (Wildman–Crippen LogP) is 1.08. The van der Waals surface area contributed by atoms with Crippen LogP contribution in [0.15, 0.2) is 18.3 Å². The molecule has 2 unspecified atom stereocenters. The van der Waals surface area contributed by atoms with Crippen LogP contribution in [0.1, 0.15) is 25.8 Å². The average Bonchev–Trinajstić information content (AvgIpc) is 2.43. The van der Waals surface area contributed by atoms with E-state index in [1.54, 1.807) is 19.4 Å². The van der Waals surface area contributed by atoms with Gasteiger partial charge in [0.2, 0.25) is 11.8 Å². The fourth-order valence-corrected chi connectivity index (χ4v) is 1.55. The van der Waals surface area contributed by atoms with Crippen molar-refractivity contribution in [2.45, 2.75) is 32.9 Å². The Bertz CT molecular complexity index is 396. The zero-order valence-corrected chi connectivity index (χ0v) is 11.1. The number of nitrogens with one attached hydrogen (secondary N) is 1. The molecule has 5 heteroatoms. The summed E-state index contributed by atoms with van der Waals surface area (Å²) in [5, 5.41) is 2.80. The van der Waals surface area contributed by atoms with Gasteiger partial charge in [0, 0.05) is 18.3 Å². The summed E-state index contributed by atoms with van der Waals surface area (Å²) in [6.45, 7) is 4.36. The Hall–Kier alpha value is -1.62. The lowest BCUT2D eigenvalue weighted by Crippen LogP contribution is -2.44. The number of carbonyl (C=O) groups excluding carboxylic acids is 1. The largest absolute Gasteiger partial charge is 0.481 e. The summed E-state index contributed by atoms with van der Waals surface area (Å²) in [6.07, 6.45) is 2.53. The second-order valence-corrected chi connectivity index (χ2v) is 4.30. The van der Waals surface area contributed by atoms with E-state index in [1.807, 2.05) is 19.9 Å². The lowest BCUT2D eigenvalue weighted by atomic mass is 9.99. The highest BCUT2D eigenvalue weighted by atomic mass is 16.5. The van der Waals surface area contributed by atoms with Gasteiger partial charge in [0.25, 0.3) is 0 Å². The van der Waals surface area contributed by atoms with Gasteiger partial charge in [0.05, 0.1) is 13.2 Å². The van der Waals surface area contributed by atoms with Gasteiger partial charge < -0.3 is 15.8 Å². The molecule has 1 amide bonds. The van der Waals surface area contributed by atoms with E-state index < -0.39 is 6.04 Å². The maximum absolute atomic E-state index is 11.8. The van der Waals surface area contributed by atoms with Crippen LogP contribution in [0.4, 0.5) is 0 Å². The first kappa shape index (κ1) is 14.4. The number of nitrogens with two attached hydrogens (primary N) is 1. The molecule has 1 aromatic heterocycles. The molecule has 0 aliphatic rings. The molecule has 0 saturated heterocycles. The summed E-state index contributed by atoms with van der Waals surface area (Å²) in [7, 11) is 1.55. The second kappa shape index (κ2) is 6.96. The minimum absolute atomic E-state index is 0.143. The van der Waals surface area contributed by atoms with Crippen LogP contribution < -0.4 is 15.8 Å². The van der Waals surface area contributed by atoms with Crippen LogP contribution in [-0.2, 0) is 11.3 Å². The third kappa shape index (κ3) is 3.70. The number of nitrogens with zero attached hydrogens (tertiary/aromatic N) is 1. The SMILES string of the molecule is CCC(C)C(N)C(=O)NCc1cccnc1OC. The van der Waals surface area contributed by atoms with Gasteiger partial charge >= 0.3 is 0 Å². The van der Waals surface area contributed by atoms with Gasteiger partial charge in [-0.1, -0.05) is 26.3 Å². The number of rotatable bonds is 6. The molecular weight excluding hydrogens is 230 g/mol. The molecule has 0 aromatic carbocycles. The Morgan fingerprint density at radius 3 is 2.94 bits per heavy atom. The quantitative estimate of drug-likeness (QED) is 0.793. The van der Waals surface area contributed by atoms with Crippen LogP contribution in [-0.4, -0.2) is 24.0 Å². The number of amides is 1. The monoisotopic (exact) mass is 251 g/mol. The molecule has 5 nitrogen and oxygen atoms in total. The van der Waals surface area contributed by atoms with Crippen molar-refractivity contribution in [3.63, 3.8) is 0 Å². The molecule has 3 N–H and O–H groups in total. The standard InChI is InChI=1S/C13H21N3O2/c1-4-9(2)11(14)12(17)16-8-10-6-5-7-15-13(10)18-3/h5-7,9,11H,4,8,14H2,1-3H3,(H,16,17). The lowest BCUT2D eigenvalue weighted by Gasteiger charge is -2.18. The Labute approximate surface area is 108 Å². The van der Waals surface area contributed by atoms with Gasteiger partial charge in [-0.15, -0.1) is 0 Å². The molecule has 2 atom stereocenters. The number of carbonyl (C=O) groups is 1. The third-order valence-corrected chi connectivity index (χ3v) is 3.06. The topological polar surface area (TPSA) is 77.2 Å². The molecule has 0 spiro atoms. The van der Waals surface area contributed by atoms with Crippen molar-refractivity contribution in [1.29, 1.82) is 0 Å². The Balaban J connectivity index is 2.57. The summed E-state index contributed by atoms with van der Waals surface area (Å²) in [5.41, 5.74) is 6.68. The van der Waals surface area contributed by atoms with Crippen LogP contribution in [0, 0.1) is 5.92 Å². The van der Waals surface area contributed by atoms with E-state index in [1.165, 1.54) is 0 Å². The third-order valence-electron chi connectivity index (χ3n) is 3.06. The Kier molecular flexibility index (Phi) is 5.58. The fourth-order valence-electron chi connectivity index (χ4n) is 1.55. The van der Waals surface area contributed by atoms with E-state index in [0.29, 0.717) is 12.4 Å². The molecule has 0 aliphatic carbocycles. The Morgan fingerprint density at radius 1 is 1.61 bits per heavy atom. The highest BCUT2D eigenvalue weighted by Crippen LogP contribution is 2.13. The van der Waals surface area contributed by atoms with Gasteiger partial charge in [-0.05, 0) is 12.0 Å². The second-order valence-electron chi connectivity index (χ2n) is 4.30. The summed E-state index contributed by atoms with van der Waals surface area (Å²) in [5.74, 6) is 0.547. The average molecular weight is 251 g/mol. The van der Waals surface area contributed by atoms with E-state index in [0.717, 1.165) is 12.0 Å². The van der Waals surface area contributed by atoms with Crippen molar-refractivity contribution in [2.75, 3.05) is 7.11 Å². The molecule has 0 aliphatic heterocycles. The first-order valence-corrected chi connectivity index (χ1v) is 6.11. The molecule has 100 valence electrons. The zero-order chi connectivity index (χ0) is 13.5. The van der Waals surface area contributed by atoms with Crippen LogP contribution in [0.5, 0.6) is 5.88 Å². The van der Waals surface area contributed by atoms with Crippen LogP contribution in [0.25, 0.3) is 0 Å². The summed E-state index contributed by atoms with van der Waals surface area (Å²) < 4.78 is 5.11. The van der Waals surface area contributed by atoms with Gasteiger partial charge in [-0.3, -0.25) is 4.79 Å². The van der Waals surface area contributed by atoms with Gasteiger partial charge in [-0.25, -0.2) is 4.98 Å². The number of aromatic nitrogens is 1. The van der Waals surface area contributed by atoms with Gasteiger partial charge in [-0.2, -0.15) is 0 Å². The first-order chi connectivity index (χ1) is 8.60. The lowest BCUT2D eigenvalue weighted by molar-refractivity contribution is -0.123. The molecule has 18 heavy (non-hydrogen) atoms. The first-order valence-electron chi connectivity index (χ1n) is 6.11. The molecule has 1 heterocycles. The van der Waals surface area contributed by atoms with Crippen molar-refractivity contribution in [2.24, 2.45) is 11.7 Å². The summed E-state index contributed by atoms with van der Waals surface area (Å²) in [4.78, 5) is 15.9.